The molecule has 4 aromatic rings. The van der Waals surface area contributed by atoms with Crippen LogP contribution in [-0.4, -0.2) is 77.4 Å². The SMILES string of the molecule is COC(=O)C(Cc1ccccc1)Nc1nc(NCC2=Nc3cc(F)ccc3C2)nc(Nc2cccc(CN3CCNCC3)c2)n1. The maximum Gasteiger partial charge on any atom is 0.328 e. The molecule has 45 heavy (non-hydrogen) atoms. The lowest BCUT2D eigenvalue weighted by atomic mass is 10.1. The predicted octanol–water partition coefficient (Wildman–Crippen LogP) is 4.10. The van der Waals surface area contributed by atoms with Crippen LogP contribution in [0.1, 0.15) is 16.7 Å². The van der Waals surface area contributed by atoms with E-state index in [0.29, 0.717) is 37.0 Å². The monoisotopic (exact) mass is 609 g/mol. The number of esters is 1. The van der Waals surface area contributed by atoms with Crippen LogP contribution in [0, 0.1) is 5.82 Å². The summed E-state index contributed by atoms with van der Waals surface area (Å²) >= 11 is 0. The highest BCUT2D eigenvalue weighted by Gasteiger charge is 2.22. The zero-order chi connectivity index (χ0) is 31.0. The number of nitrogens with one attached hydrogen (secondary N) is 4. The van der Waals surface area contributed by atoms with Crippen LogP contribution in [0.4, 0.5) is 33.6 Å². The number of piperazine rings is 1. The van der Waals surface area contributed by atoms with Gasteiger partial charge >= 0.3 is 5.97 Å². The Labute approximate surface area is 261 Å². The average Bonchev–Trinajstić information content (AvgIpc) is 3.46. The van der Waals surface area contributed by atoms with Gasteiger partial charge in [-0.2, -0.15) is 15.0 Å². The molecule has 3 heterocycles. The number of fused-ring (bicyclic) bond motifs is 1. The highest BCUT2D eigenvalue weighted by atomic mass is 19.1. The van der Waals surface area contributed by atoms with E-state index in [1.165, 1.54) is 24.8 Å². The van der Waals surface area contributed by atoms with Crippen LogP contribution in [0.5, 0.6) is 0 Å². The molecule has 0 radical (unpaired) electrons. The first-order valence-corrected chi connectivity index (χ1v) is 15.0. The summed E-state index contributed by atoms with van der Waals surface area (Å²) in [4.78, 5) is 33.6. The molecule has 6 rings (SSSR count). The summed E-state index contributed by atoms with van der Waals surface area (Å²) in [5.74, 6) is 0.0472. The predicted molar refractivity (Wildman–Crippen MR) is 173 cm³/mol. The lowest BCUT2D eigenvalue weighted by Gasteiger charge is -2.27. The fourth-order valence-corrected chi connectivity index (χ4v) is 5.42. The Morgan fingerprint density at radius 1 is 0.956 bits per heavy atom. The second-order valence-corrected chi connectivity index (χ2v) is 11.0. The van der Waals surface area contributed by atoms with Crippen LogP contribution < -0.4 is 21.3 Å². The molecule has 1 saturated heterocycles. The maximum atomic E-state index is 13.7. The highest BCUT2D eigenvalue weighted by molar-refractivity contribution is 5.96. The summed E-state index contributed by atoms with van der Waals surface area (Å²) in [6.07, 6.45) is 0.982. The van der Waals surface area contributed by atoms with Gasteiger partial charge in [0.1, 0.15) is 11.9 Å². The average molecular weight is 610 g/mol. The number of benzene rings is 3. The van der Waals surface area contributed by atoms with Crippen molar-refractivity contribution in [3.63, 3.8) is 0 Å². The zero-order valence-electron chi connectivity index (χ0n) is 25.1. The van der Waals surface area contributed by atoms with E-state index in [1.807, 2.05) is 42.5 Å². The number of carbonyl (C=O) groups is 1. The number of aromatic nitrogens is 3. The molecule has 0 bridgehead atoms. The molecule has 1 fully saturated rings. The summed E-state index contributed by atoms with van der Waals surface area (Å²) in [6, 6.07) is 21.7. The van der Waals surface area contributed by atoms with Crippen molar-refractivity contribution in [1.29, 1.82) is 0 Å². The van der Waals surface area contributed by atoms with Crippen LogP contribution in [0.2, 0.25) is 0 Å². The third-order valence-corrected chi connectivity index (χ3v) is 7.68. The van der Waals surface area contributed by atoms with Crippen molar-refractivity contribution in [1.82, 2.24) is 25.2 Å². The number of rotatable bonds is 12. The molecule has 0 amide bonds. The fourth-order valence-electron chi connectivity index (χ4n) is 5.42. The van der Waals surface area contributed by atoms with E-state index in [1.54, 1.807) is 6.07 Å². The topological polar surface area (TPSA) is 129 Å². The summed E-state index contributed by atoms with van der Waals surface area (Å²) in [7, 11) is 1.36. The van der Waals surface area contributed by atoms with Gasteiger partial charge in [0, 0.05) is 57.0 Å². The van der Waals surface area contributed by atoms with Gasteiger partial charge in [-0.15, -0.1) is 0 Å². The molecule has 1 aromatic heterocycles. The molecule has 11 nitrogen and oxygen atoms in total. The molecule has 12 heteroatoms. The van der Waals surface area contributed by atoms with Crippen molar-refractivity contribution in [2.75, 3.05) is 55.8 Å². The van der Waals surface area contributed by atoms with Gasteiger partial charge in [0.2, 0.25) is 17.8 Å². The van der Waals surface area contributed by atoms with Gasteiger partial charge in [-0.25, -0.2) is 9.18 Å². The van der Waals surface area contributed by atoms with Crippen LogP contribution in [0.3, 0.4) is 0 Å². The van der Waals surface area contributed by atoms with Gasteiger partial charge in [0.05, 0.1) is 19.3 Å². The molecule has 2 aliphatic heterocycles. The number of halogens is 1. The molecule has 0 aliphatic carbocycles. The van der Waals surface area contributed by atoms with E-state index in [-0.39, 0.29) is 11.8 Å². The number of nitrogens with zero attached hydrogens (tertiary/aromatic N) is 5. The van der Waals surface area contributed by atoms with E-state index < -0.39 is 12.0 Å². The Bertz CT molecular complexity index is 1660. The van der Waals surface area contributed by atoms with Crippen molar-refractivity contribution in [3.8, 4) is 0 Å². The van der Waals surface area contributed by atoms with Gasteiger partial charge in [0.15, 0.2) is 0 Å². The minimum absolute atomic E-state index is 0.206. The van der Waals surface area contributed by atoms with Gasteiger partial charge in [0.25, 0.3) is 0 Å². The molecule has 232 valence electrons. The third-order valence-electron chi connectivity index (χ3n) is 7.68. The van der Waals surface area contributed by atoms with Crippen molar-refractivity contribution in [2.24, 2.45) is 4.99 Å². The number of hydrogen-bond acceptors (Lipinski definition) is 11. The Kier molecular flexibility index (Phi) is 9.52. The van der Waals surface area contributed by atoms with E-state index in [0.717, 1.165) is 55.2 Å². The Balaban J connectivity index is 1.23. The van der Waals surface area contributed by atoms with Crippen molar-refractivity contribution < 1.29 is 13.9 Å². The molecule has 3 aromatic carbocycles. The lowest BCUT2D eigenvalue weighted by molar-refractivity contribution is -0.141. The Morgan fingerprint density at radius 3 is 2.56 bits per heavy atom. The number of hydrogen-bond donors (Lipinski definition) is 4. The standard InChI is InChI=1S/C33H36FN9O2/c1-45-30(44)29(17-22-6-3-2-4-7-22)39-33-41-31(36-20-27-18-24-10-11-25(34)19-28(24)37-27)40-32(42-33)38-26-9-5-8-23(16-26)21-43-14-12-35-13-15-43/h2-11,16,19,29,35H,12-15,17-18,20-21H2,1H3,(H3,36,38,39,40,41,42). The minimum atomic E-state index is -0.730. The number of anilines is 4. The Hall–Kier alpha value is -4.94. The van der Waals surface area contributed by atoms with E-state index in [2.05, 4.69) is 58.2 Å². The molecule has 1 atom stereocenters. The van der Waals surface area contributed by atoms with E-state index in [9.17, 15) is 9.18 Å². The first kappa shape index (κ1) is 30.1. The molecule has 4 N–H and O–H groups in total. The smallest absolute Gasteiger partial charge is 0.328 e. The quantitative estimate of drug-likeness (QED) is 0.174. The van der Waals surface area contributed by atoms with Gasteiger partial charge in [-0.05, 0) is 41.0 Å². The summed E-state index contributed by atoms with van der Waals surface area (Å²) in [5, 5.41) is 13.1. The van der Waals surface area contributed by atoms with Crippen LogP contribution >= 0.6 is 0 Å². The third kappa shape index (κ3) is 8.16. The number of methoxy groups -OCH3 is 1. The molecule has 0 saturated carbocycles. The number of carbonyl (C=O) groups excluding carboxylic acids is 1. The zero-order valence-corrected chi connectivity index (χ0v) is 25.1. The van der Waals surface area contributed by atoms with Gasteiger partial charge in [-0.3, -0.25) is 9.89 Å². The second-order valence-electron chi connectivity index (χ2n) is 11.0. The maximum absolute atomic E-state index is 13.7. The summed E-state index contributed by atoms with van der Waals surface area (Å²) < 4.78 is 18.8. The largest absolute Gasteiger partial charge is 0.467 e. The molecular weight excluding hydrogens is 573 g/mol. The summed E-state index contributed by atoms with van der Waals surface area (Å²) in [5.41, 5.74) is 5.40. The van der Waals surface area contributed by atoms with Crippen LogP contribution in [0.15, 0.2) is 77.8 Å². The van der Waals surface area contributed by atoms with Crippen LogP contribution in [-0.2, 0) is 28.9 Å². The van der Waals surface area contributed by atoms with Crippen LogP contribution in [0.25, 0.3) is 0 Å². The fraction of sp³-hybridized carbons (Fsp3) is 0.303. The minimum Gasteiger partial charge on any atom is -0.467 e. The molecule has 1 unspecified atom stereocenters. The van der Waals surface area contributed by atoms with Gasteiger partial charge in [-0.1, -0.05) is 48.5 Å². The van der Waals surface area contributed by atoms with E-state index in [4.69, 9.17) is 4.74 Å². The highest BCUT2D eigenvalue weighted by Crippen LogP contribution is 2.27. The molecule has 2 aliphatic rings. The summed E-state index contributed by atoms with van der Waals surface area (Å²) in [6.45, 7) is 5.18. The van der Waals surface area contributed by atoms with Crippen molar-refractivity contribution >= 4 is 40.9 Å². The Morgan fingerprint density at radius 2 is 1.73 bits per heavy atom. The number of ether oxygens (including phenoxy) is 1. The van der Waals surface area contributed by atoms with Crippen molar-refractivity contribution in [2.45, 2.75) is 25.4 Å². The van der Waals surface area contributed by atoms with E-state index >= 15 is 0 Å². The normalized spacial score (nSPS) is 15.1. The van der Waals surface area contributed by atoms with Crippen molar-refractivity contribution in [3.05, 3.63) is 95.3 Å². The van der Waals surface area contributed by atoms with Gasteiger partial charge < -0.3 is 26.0 Å². The molecule has 0 spiro atoms. The lowest BCUT2D eigenvalue weighted by Crippen LogP contribution is -2.42. The molecular formula is C33H36FN9O2. The first-order chi connectivity index (χ1) is 22.0. The second kappa shape index (κ2) is 14.2. The number of aliphatic imine (C=N–C) groups is 1. The first-order valence-electron chi connectivity index (χ1n) is 15.0.